The minimum atomic E-state index is -4.82. The minimum Gasteiger partial charge on any atom is -0.494 e. The van der Waals surface area contributed by atoms with Crippen molar-refractivity contribution in [3.05, 3.63) is 105 Å². The lowest BCUT2D eigenvalue weighted by atomic mass is 10.1. The number of carbonyl (C=O) groups excluding carboxylic acids is 1. The van der Waals surface area contributed by atoms with Crippen LogP contribution in [0.1, 0.15) is 112 Å². The normalized spacial score (nSPS) is 20.7. The van der Waals surface area contributed by atoms with E-state index in [1.165, 1.54) is 75.1 Å². The third-order valence-corrected chi connectivity index (χ3v) is 16.7. The van der Waals surface area contributed by atoms with E-state index in [1.54, 1.807) is 53.1 Å². The van der Waals surface area contributed by atoms with Crippen LogP contribution in [-0.4, -0.2) is 96.9 Å². The number of unbranched alkanes of at least 4 members (excludes halogenated alkanes) is 9. The Kier molecular flexibility index (Phi) is 20.0. The van der Waals surface area contributed by atoms with Gasteiger partial charge in [-0.1, -0.05) is 63.5 Å². The number of nitrogens with zero attached hydrogens (tertiary/aromatic N) is 5. The number of aromatic nitrogens is 6. The molecule has 5 heterocycles. The number of rotatable bonds is 29. The second-order valence-electron chi connectivity index (χ2n) is 17.0. The highest BCUT2D eigenvalue weighted by Crippen LogP contribution is 2.61. The first-order valence-electron chi connectivity index (χ1n) is 23.6. The van der Waals surface area contributed by atoms with Crippen molar-refractivity contribution in [3.8, 4) is 11.5 Å². The second-order valence-corrected chi connectivity index (χ2v) is 22.6. The highest BCUT2D eigenvalue weighted by Gasteiger charge is 2.44. The van der Waals surface area contributed by atoms with Crippen LogP contribution in [-0.2, 0) is 42.5 Å². The Hall–Kier alpha value is -4.77. The van der Waals surface area contributed by atoms with E-state index in [2.05, 4.69) is 19.9 Å². The Morgan fingerprint density at radius 3 is 2.25 bits per heavy atom. The van der Waals surface area contributed by atoms with Gasteiger partial charge in [-0.3, -0.25) is 32.5 Å². The van der Waals surface area contributed by atoms with E-state index in [1.807, 2.05) is 0 Å². The van der Waals surface area contributed by atoms with Crippen molar-refractivity contribution in [1.82, 2.24) is 29.1 Å². The Balaban J connectivity index is 0.874. The van der Waals surface area contributed by atoms with E-state index < -0.39 is 69.2 Å². The summed E-state index contributed by atoms with van der Waals surface area (Å²) in [6.45, 7) is -3.76. The van der Waals surface area contributed by atoms with Gasteiger partial charge in [0.05, 0.1) is 37.8 Å². The standard InChI is InChI=1S/C46H61N7O15P2S/c1-61-70(60,71-29-32-12-16-35(17-13-32)66-45(56)33-14-18-34(19-15-33)62-25-11-9-7-5-3-2-4-6-8-10-24-54)64-28-38-37(26-41(67-38)53-31-50-42-43(47)48-30-49-44(42)53)68-69(58,59)63-27-36-20-21-40(65-36)52-23-22-39(55)51-46(52)57/h12-19,22-23,30-31,36-38,40-41,54H,2-11,20-21,24-29H2,1H3,(H,58,59)(H2,47,48,49)(H,51,55,57)/t36-,37-,38+,40+,41+,70?/m0/s1. The molecule has 0 amide bonds. The summed E-state index contributed by atoms with van der Waals surface area (Å²) in [5, 5.41) is 8.87. The number of nitrogens with one attached hydrogen (secondary N) is 1. The van der Waals surface area contributed by atoms with E-state index in [0.29, 0.717) is 47.7 Å². The summed E-state index contributed by atoms with van der Waals surface area (Å²) in [5.41, 5.74) is 6.52. The van der Waals surface area contributed by atoms with E-state index in [0.717, 1.165) is 42.6 Å². The number of hydrogen-bond donors (Lipinski definition) is 4. The molecule has 0 saturated carbocycles. The number of imidazole rings is 1. The Morgan fingerprint density at radius 2 is 1.55 bits per heavy atom. The zero-order valence-electron chi connectivity index (χ0n) is 39.4. The maximum Gasteiger partial charge on any atom is 0.472 e. The predicted molar refractivity (Wildman–Crippen MR) is 262 cm³/mol. The molecule has 0 aliphatic carbocycles. The lowest BCUT2D eigenvalue weighted by Gasteiger charge is -2.23. The first kappa shape index (κ1) is 54.0. The van der Waals surface area contributed by atoms with Gasteiger partial charge in [-0.25, -0.2) is 33.7 Å². The molecule has 386 valence electrons. The highest BCUT2D eigenvalue weighted by atomic mass is 32.7. The van der Waals surface area contributed by atoms with Gasteiger partial charge in [-0.15, -0.1) is 0 Å². The lowest BCUT2D eigenvalue weighted by Crippen LogP contribution is -2.31. The number of anilines is 1. The number of fused-ring (bicyclic) bond motifs is 1. The van der Waals surface area contributed by atoms with Gasteiger partial charge in [0, 0.05) is 38.2 Å². The number of nitrogen functional groups attached to an aromatic ring is 1. The molecule has 3 aromatic heterocycles. The number of ether oxygens (including phenoxy) is 4. The third kappa shape index (κ3) is 15.9. The maximum absolute atomic E-state index is 13.9. The van der Waals surface area contributed by atoms with E-state index in [9.17, 15) is 28.4 Å². The number of hydrogen-bond acceptors (Lipinski definition) is 19. The van der Waals surface area contributed by atoms with Crippen LogP contribution < -0.4 is 26.5 Å². The molecule has 0 spiro atoms. The van der Waals surface area contributed by atoms with E-state index in [-0.39, 0.29) is 31.2 Å². The molecule has 0 bridgehead atoms. The Morgan fingerprint density at radius 1 is 0.845 bits per heavy atom. The van der Waals surface area contributed by atoms with E-state index in [4.69, 9.17) is 47.9 Å². The summed E-state index contributed by atoms with van der Waals surface area (Å²) in [6.07, 6.45) is 11.6. The van der Waals surface area contributed by atoms with Crippen molar-refractivity contribution < 1.29 is 61.0 Å². The molecule has 2 saturated heterocycles. The molecule has 7 atom stereocenters. The van der Waals surface area contributed by atoms with Crippen LogP contribution >= 0.6 is 26.0 Å². The molecule has 7 rings (SSSR count). The fourth-order valence-corrected chi connectivity index (χ4v) is 11.8. The number of esters is 1. The molecule has 0 radical (unpaired) electrons. The number of phosphoric ester groups is 1. The highest BCUT2D eigenvalue weighted by molar-refractivity contribution is 8.54. The zero-order valence-corrected chi connectivity index (χ0v) is 42.0. The Labute approximate surface area is 413 Å². The van der Waals surface area contributed by atoms with Crippen LogP contribution in [0.25, 0.3) is 11.2 Å². The number of aliphatic hydroxyl groups excluding tert-OH is 1. The minimum absolute atomic E-state index is 0.0227. The van der Waals surface area contributed by atoms with Crippen molar-refractivity contribution in [1.29, 1.82) is 0 Å². The van der Waals surface area contributed by atoms with Crippen LogP contribution in [0.15, 0.2) is 83.0 Å². The fourth-order valence-electron chi connectivity index (χ4n) is 8.05. The molecular weight excluding hydrogens is 985 g/mol. The summed E-state index contributed by atoms with van der Waals surface area (Å²) in [6, 6.07) is 14.7. The molecule has 2 aromatic carbocycles. The van der Waals surface area contributed by atoms with Gasteiger partial charge in [-0.2, -0.15) is 0 Å². The average molecular weight is 1050 g/mol. The number of carbonyl (C=O) groups is 1. The molecule has 2 fully saturated rings. The number of H-pyrrole nitrogens is 1. The summed E-state index contributed by atoms with van der Waals surface area (Å²) in [5.74, 6) is 0.755. The van der Waals surface area contributed by atoms with Gasteiger partial charge < -0.3 is 39.2 Å². The SMILES string of the molecule is COP(=O)(OC[C@H]1O[C@@H](n2cnc3c(N)ncnc32)C[C@@H]1OP(=O)(O)OC[C@@H]1CC[C@H](n2ccc(=O)[nH]c2=O)O1)SCc1ccc(OC(=O)c2ccc(OCCCCCCCCCCCCO)cc2)cc1. The average Bonchev–Trinajstić information content (AvgIpc) is 4.12. The number of nitrogens with two attached hydrogens (primary N) is 1. The molecule has 5 N–H and O–H groups in total. The molecular formula is C46H61N7O15P2S. The second kappa shape index (κ2) is 26.3. The van der Waals surface area contributed by atoms with Gasteiger partial charge in [0.2, 0.25) is 0 Å². The topological polar surface area (TPSA) is 290 Å². The van der Waals surface area contributed by atoms with Crippen LogP contribution in [0, 0.1) is 0 Å². The molecule has 2 aliphatic rings. The molecule has 2 unspecified atom stereocenters. The molecule has 71 heavy (non-hydrogen) atoms. The quantitative estimate of drug-likeness (QED) is 0.0155. The lowest BCUT2D eigenvalue weighted by molar-refractivity contribution is -0.0459. The maximum atomic E-state index is 13.9. The first-order chi connectivity index (χ1) is 34.3. The summed E-state index contributed by atoms with van der Waals surface area (Å²) in [7, 11) is -3.58. The molecule has 22 nitrogen and oxygen atoms in total. The number of aliphatic hydroxyl groups is 1. The van der Waals surface area contributed by atoms with Crippen molar-refractivity contribution in [2.24, 2.45) is 0 Å². The van der Waals surface area contributed by atoms with Gasteiger partial charge in [-0.05, 0) is 79.0 Å². The zero-order chi connectivity index (χ0) is 50.2. The van der Waals surface area contributed by atoms with Crippen LogP contribution in [0.3, 0.4) is 0 Å². The van der Waals surface area contributed by atoms with Gasteiger partial charge >= 0.3 is 26.3 Å². The van der Waals surface area contributed by atoms with Crippen molar-refractivity contribution in [3.63, 3.8) is 0 Å². The smallest absolute Gasteiger partial charge is 0.472 e. The van der Waals surface area contributed by atoms with Gasteiger partial charge in [0.15, 0.2) is 11.5 Å². The number of phosphoric acid groups is 1. The van der Waals surface area contributed by atoms with Crippen molar-refractivity contribution in [2.45, 2.75) is 120 Å². The largest absolute Gasteiger partial charge is 0.494 e. The third-order valence-electron chi connectivity index (χ3n) is 11.9. The predicted octanol–water partition coefficient (Wildman–Crippen LogP) is 7.62. The van der Waals surface area contributed by atoms with E-state index >= 15 is 0 Å². The van der Waals surface area contributed by atoms with Gasteiger partial charge in [0.25, 0.3) is 5.56 Å². The first-order valence-corrected chi connectivity index (χ1v) is 28.3. The number of benzene rings is 2. The van der Waals surface area contributed by atoms with Gasteiger partial charge in [0.1, 0.15) is 48.0 Å². The fraction of sp³-hybridized carbons (Fsp3) is 0.522. The monoisotopic (exact) mass is 1050 g/mol. The molecule has 2 aliphatic heterocycles. The Bertz CT molecular complexity index is 2710. The van der Waals surface area contributed by atoms with Crippen molar-refractivity contribution >= 4 is 49.0 Å². The van der Waals surface area contributed by atoms with Crippen LogP contribution in [0.5, 0.6) is 11.5 Å². The van der Waals surface area contributed by atoms with Crippen LogP contribution in [0.2, 0.25) is 0 Å². The van der Waals surface area contributed by atoms with Crippen molar-refractivity contribution in [2.75, 3.05) is 39.3 Å². The summed E-state index contributed by atoms with van der Waals surface area (Å²) < 4.78 is 76.0. The van der Waals surface area contributed by atoms with Crippen LogP contribution in [0.4, 0.5) is 5.82 Å². The summed E-state index contributed by atoms with van der Waals surface area (Å²) in [4.78, 5) is 62.3. The molecule has 5 aromatic rings. The summed E-state index contributed by atoms with van der Waals surface area (Å²) >= 11 is 0.893. The molecule has 25 heteroatoms. The number of aromatic amines is 1.